The lowest BCUT2D eigenvalue weighted by Crippen LogP contribution is -1.96. The highest BCUT2D eigenvalue weighted by Crippen LogP contribution is 2.05. The van der Waals surface area contributed by atoms with Gasteiger partial charge in [-0.2, -0.15) is 0 Å². The van der Waals surface area contributed by atoms with Crippen molar-refractivity contribution >= 4 is 33.4 Å². The molecule has 1 atom stereocenters. The zero-order chi connectivity index (χ0) is 5.70. The molecule has 0 aliphatic heterocycles. The van der Waals surface area contributed by atoms with Gasteiger partial charge in [0.05, 0.1) is 0 Å². The van der Waals surface area contributed by atoms with Crippen molar-refractivity contribution in [1.29, 1.82) is 0 Å². The molecular formula is C4H10Cl2Si. The van der Waals surface area contributed by atoms with E-state index in [1.807, 2.05) is 0 Å². The monoisotopic (exact) mass is 156 g/mol. The molecule has 0 saturated heterocycles. The van der Waals surface area contributed by atoms with E-state index in [1.54, 1.807) is 0 Å². The number of rotatable bonds is 3. The molecule has 44 valence electrons. The van der Waals surface area contributed by atoms with E-state index in [9.17, 15) is 0 Å². The second-order valence-electron chi connectivity index (χ2n) is 1.48. The molecular weight excluding hydrogens is 147 g/mol. The molecule has 0 bridgehead atoms. The van der Waals surface area contributed by atoms with Crippen LogP contribution in [-0.4, -0.2) is 21.5 Å². The minimum absolute atomic E-state index is 0.351. The van der Waals surface area contributed by atoms with Gasteiger partial charge in [-0.05, 0) is 12.5 Å². The van der Waals surface area contributed by atoms with Crippen LogP contribution in [0.3, 0.4) is 0 Å². The number of alkyl halides is 2. The Kier molecular flexibility index (Phi) is 5.51. The van der Waals surface area contributed by atoms with Crippen LogP contribution in [0.15, 0.2) is 0 Å². The fraction of sp³-hybridized carbons (Fsp3) is 1.00. The summed E-state index contributed by atoms with van der Waals surface area (Å²) >= 11 is 11.1. The Morgan fingerprint density at radius 2 is 2.14 bits per heavy atom. The van der Waals surface area contributed by atoms with Gasteiger partial charge in [-0.25, -0.2) is 0 Å². The molecule has 0 aromatic heterocycles. The minimum Gasteiger partial charge on any atom is -0.127 e. The minimum atomic E-state index is 0.351. The van der Waals surface area contributed by atoms with Gasteiger partial charge in [0.15, 0.2) is 0 Å². The third-order valence-corrected chi connectivity index (χ3v) is 3.11. The summed E-state index contributed by atoms with van der Waals surface area (Å²) < 4.78 is 0. The zero-order valence-electron chi connectivity index (χ0n) is 4.45. The molecule has 0 N–H and O–H groups in total. The van der Waals surface area contributed by atoms with E-state index in [2.05, 4.69) is 0 Å². The second-order valence-corrected chi connectivity index (χ2v) is 3.29. The van der Waals surface area contributed by atoms with Crippen molar-refractivity contribution in [3.63, 3.8) is 0 Å². The standard InChI is InChI=1S/C4H10Cl2Si/c5-2-1-4(6)3-7/h4H,1-3H2,7H3. The Balaban J connectivity index is 2.83. The Morgan fingerprint density at radius 1 is 1.57 bits per heavy atom. The smallest absolute Gasteiger partial charge is 0.0316 e. The maximum Gasteiger partial charge on any atom is 0.0316 e. The van der Waals surface area contributed by atoms with Gasteiger partial charge in [0.1, 0.15) is 0 Å². The normalized spacial score (nSPS) is 14.6. The van der Waals surface area contributed by atoms with E-state index >= 15 is 0 Å². The third kappa shape index (κ3) is 4.65. The summed E-state index contributed by atoms with van der Waals surface area (Å²) in [5.41, 5.74) is 0. The highest BCUT2D eigenvalue weighted by molar-refractivity contribution is 6.25. The van der Waals surface area contributed by atoms with Crippen molar-refractivity contribution in [2.75, 3.05) is 5.88 Å². The molecule has 7 heavy (non-hydrogen) atoms. The van der Waals surface area contributed by atoms with Crippen molar-refractivity contribution in [2.45, 2.75) is 17.8 Å². The van der Waals surface area contributed by atoms with Crippen molar-refractivity contribution in [2.24, 2.45) is 0 Å². The first-order valence-electron chi connectivity index (χ1n) is 2.51. The summed E-state index contributed by atoms with van der Waals surface area (Å²) in [6.45, 7) is 0. The van der Waals surface area contributed by atoms with Crippen LogP contribution in [0.1, 0.15) is 6.42 Å². The zero-order valence-corrected chi connectivity index (χ0v) is 7.97. The van der Waals surface area contributed by atoms with E-state index in [0.717, 1.165) is 12.5 Å². The summed E-state index contributed by atoms with van der Waals surface area (Å²) in [5.74, 6) is 0.705. The molecule has 0 nitrogen and oxygen atoms in total. The van der Waals surface area contributed by atoms with E-state index in [4.69, 9.17) is 23.2 Å². The lowest BCUT2D eigenvalue weighted by Gasteiger charge is -1.98. The van der Waals surface area contributed by atoms with Crippen LogP contribution in [0.25, 0.3) is 0 Å². The summed E-state index contributed by atoms with van der Waals surface area (Å²) in [7, 11) is 1.20. The van der Waals surface area contributed by atoms with Gasteiger partial charge >= 0.3 is 0 Å². The van der Waals surface area contributed by atoms with Crippen LogP contribution in [0.4, 0.5) is 0 Å². The van der Waals surface area contributed by atoms with Gasteiger partial charge in [0, 0.05) is 21.5 Å². The molecule has 0 aromatic rings. The number of hydrogen-bond acceptors (Lipinski definition) is 0. The Labute approximate surface area is 57.6 Å². The fourth-order valence-corrected chi connectivity index (χ4v) is 1.21. The van der Waals surface area contributed by atoms with Crippen LogP contribution >= 0.6 is 23.2 Å². The highest BCUT2D eigenvalue weighted by atomic mass is 35.5. The van der Waals surface area contributed by atoms with Crippen LogP contribution < -0.4 is 0 Å². The Morgan fingerprint density at radius 3 is 2.29 bits per heavy atom. The highest BCUT2D eigenvalue weighted by Gasteiger charge is 1.96. The third-order valence-electron chi connectivity index (χ3n) is 0.865. The molecule has 0 aliphatic rings. The van der Waals surface area contributed by atoms with E-state index < -0.39 is 0 Å². The summed E-state index contributed by atoms with van der Waals surface area (Å²) in [5, 5.41) is 0.351. The van der Waals surface area contributed by atoms with Gasteiger partial charge in [0.2, 0.25) is 0 Å². The number of hydrogen-bond donors (Lipinski definition) is 0. The van der Waals surface area contributed by atoms with Crippen LogP contribution in [0, 0.1) is 0 Å². The number of halogens is 2. The lowest BCUT2D eigenvalue weighted by molar-refractivity contribution is 0.900. The van der Waals surface area contributed by atoms with Crippen molar-refractivity contribution in [1.82, 2.24) is 0 Å². The molecule has 0 aromatic carbocycles. The molecule has 0 radical (unpaired) electrons. The van der Waals surface area contributed by atoms with Gasteiger partial charge < -0.3 is 0 Å². The topological polar surface area (TPSA) is 0 Å². The first-order chi connectivity index (χ1) is 3.31. The van der Waals surface area contributed by atoms with Crippen LogP contribution in [0.5, 0.6) is 0 Å². The van der Waals surface area contributed by atoms with Crippen LogP contribution in [-0.2, 0) is 0 Å². The quantitative estimate of drug-likeness (QED) is 0.423. The molecule has 0 heterocycles. The average Bonchev–Trinajstić information content (AvgIpc) is 1.68. The summed E-state index contributed by atoms with van der Waals surface area (Å²) in [4.78, 5) is 0. The Hall–Kier alpha value is 0.797. The van der Waals surface area contributed by atoms with Crippen molar-refractivity contribution in [3.8, 4) is 0 Å². The fourth-order valence-electron chi connectivity index (χ4n) is 0.323. The van der Waals surface area contributed by atoms with Gasteiger partial charge in [-0.3, -0.25) is 0 Å². The van der Waals surface area contributed by atoms with Gasteiger partial charge in [0.25, 0.3) is 0 Å². The van der Waals surface area contributed by atoms with Crippen molar-refractivity contribution < 1.29 is 0 Å². The molecule has 0 spiro atoms. The van der Waals surface area contributed by atoms with Crippen molar-refractivity contribution in [3.05, 3.63) is 0 Å². The molecule has 1 unspecified atom stereocenters. The molecule has 0 fully saturated rings. The van der Waals surface area contributed by atoms with Gasteiger partial charge in [-0.15, -0.1) is 23.2 Å². The van der Waals surface area contributed by atoms with E-state index in [1.165, 1.54) is 10.2 Å². The first-order valence-corrected chi connectivity index (χ1v) is 4.89. The van der Waals surface area contributed by atoms with E-state index in [0.29, 0.717) is 11.3 Å². The predicted octanol–water partition coefficient (Wildman–Crippen LogP) is 1.01. The largest absolute Gasteiger partial charge is 0.127 e. The summed E-state index contributed by atoms with van der Waals surface area (Å²) in [6.07, 6.45) is 0.965. The first kappa shape index (κ1) is 7.80. The van der Waals surface area contributed by atoms with E-state index in [-0.39, 0.29) is 0 Å². The molecule has 0 saturated carbocycles. The molecule has 0 amide bonds. The SMILES string of the molecule is [SiH3]CC(Cl)CCCl. The molecule has 3 heteroatoms. The predicted molar refractivity (Wildman–Crippen MR) is 39.7 cm³/mol. The molecule has 0 aliphatic carbocycles. The maximum absolute atomic E-state index is 5.72. The maximum atomic E-state index is 5.72. The second kappa shape index (κ2) is 4.94. The van der Waals surface area contributed by atoms with Gasteiger partial charge in [-0.1, -0.05) is 0 Å². The molecule has 0 rings (SSSR count). The Bertz CT molecular complexity index is 40.7. The summed E-state index contributed by atoms with van der Waals surface area (Å²) in [6, 6.07) is 1.16. The lowest BCUT2D eigenvalue weighted by atomic mass is 10.4. The van der Waals surface area contributed by atoms with Crippen LogP contribution in [0.2, 0.25) is 6.04 Å². The average molecular weight is 157 g/mol.